The summed E-state index contributed by atoms with van der Waals surface area (Å²) in [6, 6.07) is 1.51. The zero-order chi connectivity index (χ0) is 10.8. The molecule has 0 aromatic rings. The first-order valence-corrected chi connectivity index (χ1v) is 6.68. The summed E-state index contributed by atoms with van der Waals surface area (Å²) in [5.41, 5.74) is 5.87. The minimum atomic E-state index is 0.683. The predicted molar refractivity (Wildman–Crippen MR) is 64.7 cm³/mol. The van der Waals surface area contributed by atoms with E-state index in [0.717, 1.165) is 24.4 Å². The Bertz CT molecular complexity index is 205. The smallest absolute Gasteiger partial charge is 0.0221 e. The van der Waals surface area contributed by atoms with Crippen molar-refractivity contribution in [3.63, 3.8) is 0 Å². The van der Waals surface area contributed by atoms with E-state index < -0.39 is 0 Å². The molecule has 2 nitrogen and oxygen atoms in total. The molecule has 2 rings (SSSR count). The zero-order valence-corrected chi connectivity index (χ0v) is 10.3. The lowest BCUT2D eigenvalue weighted by Gasteiger charge is -2.41. The first-order valence-electron chi connectivity index (χ1n) is 6.68. The second-order valence-electron chi connectivity index (χ2n) is 5.73. The molecule has 2 fully saturated rings. The molecule has 1 heterocycles. The maximum absolute atomic E-state index is 5.87. The number of nitrogens with two attached hydrogens (primary N) is 1. The van der Waals surface area contributed by atoms with E-state index in [9.17, 15) is 0 Å². The van der Waals surface area contributed by atoms with Gasteiger partial charge in [-0.25, -0.2) is 0 Å². The largest absolute Gasteiger partial charge is 0.329 e. The highest BCUT2D eigenvalue weighted by atomic mass is 15.2. The summed E-state index contributed by atoms with van der Waals surface area (Å²) in [7, 11) is 0. The van der Waals surface area contributed by atoms with Crippen molar-refractivity contribution < 1.29 is 0 Å². The average molecular weight is 210 g/mol. The molecular formula is C13H26N2. The van der Waals surface area contributed by atoms with E-state index in [1.54, 1.807) is 0 Å². The highest BCUT2D eigenvalue weighted by molar-refractivity contribution is 4.90. The van der Waals surface area contributed by atoms with Crippen LogP contribution in [0.5, 0.6) is 0 Å². The van der Waals surface area contributed by atoms with Gasteiger partial charge in [0.05, 0.1) is 0 Å². The molecule has 0 radical (unpaired) electrons. The Labute approximate surface area is 94.2 Å². The van der Waals surface area contributed by atoms with Gasteiger partial charge in [-0.05, 0) is 44.1 Å². The van der Waals surface area contributed by atoms with E-state index in [4.69, 9.17) is 5.73 Å². The van der Waals surface area contributed by atoms with Gasteiger partial charge in [0.15, 0.2) is 0 Å². The van der Waals surface area contributed by atoms with Crippen LogP contribution in [0, 0.1) is 11.8 Å². The van der Waals surface area contributed by atoms with Gasteiger partial charge in [-0.3, -0.25) is 4.90 Å². The van der Waals surface area contributed by atoms with Crippen LogP contribution in [-0.4, -0.2) is 30.1 Å². The van der Waals surface area contributed by atoms with E-state index in [0.29, 0.717) is 6.04 Å². The second-order valence-corrected chi connectivity index (χ2v) is 5.73. The molecule has 2 heteroatoms. The average Bonchev–Trinajstić information content (AvgIpc) is 2.69. The van der Waals surface area contributed by atoms with Gasteiger partial charge in [-0.2, -0.15) is 0 Å². The molecule has 4 atom stereocenters. The topological polar surface area (TPSA) is 29.3 Å². The van der Waals surface area contributed by atoms with Crippen molar-refractivity contribution in [2.45, 2.75) is 58.0 Å². The molecule has 2 aliphatic rings. The Kier molecular flexibility index (Phi) is 3.68. The van der Waals surface area contributed by atoms with Crippen LogP contribution in [0.25, 0.3) is 0 Å². The fourth-order valence-electron chi connectivity index (χ4n) is 3.51. The summed E-state index contributed by atoms with van der Waals surface area (Å²) in [5, 5.41) is 0. The van der Waals surface area contributed by atoms with E-state index in [1.165, 1.54) is 38.6 Å². The quantitative estimate of drug-likeness (QED) is 0.757. The van der Waals surface area contributed by atoms with E-state index >= 15 is 0 Å². The van der Waals surface area contributed by atoms with Crippen molar-refractivity contribution in [1.29, 1.82) is 0 Å². The summed E-state index contributed by atoms with van der Waals surface area (Å²) < 4.78 is 0. The molecule has 0 spiro atoms. The van der Waals surface area contributed by atoms with Crippen LogP contribution in [0.1, 0.15) is 46.0 Å². The lowest BCUT2D eigenvalue weighted by atomic mass is 9.79. The highest BCUT2D eigenvalue weighted by Gasteiger charge is 2.35. The number of likely N-dealkylation sites (tertiary alicyclic amines) is 1. The van der Waals surface area contributed by atoms with Gasteiger partial charge in [0.25, 0.3) is 0 Å². The lowest BCUT2D eigenvalue weighted by Crippen LogP contribution is -2.48. The van der Waals surface area contributed by atoms with E-state index in [-0.39, 0.29) is 0 Å². The SMILES string of the molecule is CC1CCC(C)C(N2CCCC2CN)C1. The first-order chi connectivity index (χ1) is 7.22. The van der Waals surface area contributed by atoms with E-state index in [1.807, 2.05) is 0 Å². The van der Waals surface area contributed by atoms with Gasteiger partial charge >= 0.3 is 0 Å². The van der Waals surface area contributed by atoms with Gasteiger partial charge in [0, 0.05) is 18.6 Å². The third-order valence-corrected chi connectivity index (χ3v) is 4.54. The third kappa shape index (κ3) is 2.36. The van der Waals surface area contributed by atoms with Crippen molar-refractivity contribution in [2.75, 3.05) is 13.1 Å². The number of rotatable bonds is 2. The van der Waals surface area contributed by atoms with Crippen LogP contribution in [0.15, 0.2) is 0 Å². The van der Waals surface area contributed by atoms with Crippen LogP contribution in [0.2, 0.25) is 0 Å². The van der Waals surface area contributed by atoms with Crippen molar-refractivity contribution in [3.05, 3.63) is 0 Å². The maximum Gasteiger partial charge on any atom is 0.0221 e. The summed E-state index contributed by atoms with van der Waals surface area (Å²) in [6.45, 7) is 7.00. The molecule has 0 aromatic carbocycles. The molecule has 0 aromatic heterocycles. The van der Waals surface area contributed by atoms with Crippen molar-refractivity contribution in [3.8, 4) is 0 Å². The molecule has 15 heavy (non-hydrogen) atoms. The van der Waals surface area contributed by atoms with Crippen LogP contribution >= 0.6 is 0 Å². The molecule has 1 aliphatic carbocycles. The Morgan fingerprint density at radius 2 is 2.00 bits per heavy atom. The molecule has 2 N–H and O–H groups in total. The molecular weight excluding hydrogens is 184 g/mol. The zero-order valence-electron chi connectivity index (χ0n) is 10.3. The fraction of sp³-hybridized carbons (Fsp3) is 1.00. The van der Waals surface area contributed by atoms with Gasteiger partial charge in [-0.15, -0.1) is 0 Å². The molecule has 0 bridgehead atoms. The van der Waals surface area contributed by atoms with Gasteiger partial charge in [0.1, 0.15) is 0 Å². The van der Waals surface area contributed by atoms with Crippen LogP contribution in [-0.2, 0) is 0 Å². The van der Waals surface area contributed by atoms with Gasteiger partial charge in [-0.1, -0.05) is 20.3 Å². The van der Waals surface area contributed by atoms with Crippen molar-refractivity contribution >= 4 is 0 Å². The van der Waals surface area contributed by atoms with Crippen LogP contribution in [0.3, 0.4) is 0 Å². The molecule has 4 unspecified atom stereocenters. The van der Waals surface area contributed by atoms with E-state index in [2.05, 4.69) is 18.7 Å². The van der Waals surface area contributed by atoms with Crippen LogP contribution < -0.4 is 5.73 Å². The minimum Gasteiger partial charge on any atom is -0.329 e. The monoisotopic (exact) mass is 210 g/mol. The number of hydrogen-bond donors (Lipinski definition) is 1. The standard InChI is InChI=1S/C13H26N2/c1-10-5-6-11(2)13(8-10)15-7-3-4-12(15)9-14/h10-13H,3-9,14H2,1-2H3. The number of hydrogen-bond acceptors (Lipinski definition) is 2. The Balaban J connectivity index is 2.00. The number of nitrogens with zero attached hydrogens (tertiary/aromatic N) is 1. The Morgan fingerprint density at radius 1 is 1.20 bits per heavy atom. The van der Waals surface area contributed by atoms with Gasteiger partial charge < -0.3 is 5.73 Å². The second kappa shape index (κ2) is 4.84. The minimum absolute atomic E-state index is 0.683. The molecule has 1 saturated carbocycles. The summed E-state index contributed by atoms with van der Waals surface area (Å²) in [6.07, 6.45) is 6.93. The maximum atomic E-state index is 5.87. The molecule has 1 saturated heterocycles. The molecule has 0 amide bonds. The summed E-state index contributed by atoms with van der Waals surface area (Å²) >= 11 is 0. The normalized spacial score (nSPS) is 43.4. The Hall–Kier alpha value is -0.0800. The summed E-state index contributed by atoms with van der Waals surface area (Å²) in [5.74, 6) is 1.80. The van der Waals surface area contributed by atoms with Gasteiger partial charge in [0.2, 0.25) is 0 Å². The molecule has 88 valence electrons. The predicted octanol–water partition coefficient (Wildman–Crippen LogP) is 2.23. The van der Waals surface area contributed by atoms with Crippen molar-refractivity contribution in [2.24, 2.45) is 17.6 Å². The van der Waals surface area contributed by atoms with Crippen LogP contribution in [0.4, 0.5) is 0 Å². The highest BCUT2D eigenvalue weighted by Crippen LogP contribution is 2.35. The molecule has 1 aliphatic heterocycles. The third-order valence-electron chi connectivity index (χ3n) is 4.54. The first kappa shape index (κ1) is 11.4. The fourth-order valence-corrected chi connectivity index (χ4v) is 3.51. The lowest BCUT2D eigenvalue weighted by molar-refractivity contribution is 0.0824. The van der Waals surface area contributed by atoms with Crippen molar-refractivity contribution in [1.82, 2.24) is 4.90 Å². The summed E-state index contributed by atoms with van der Waals surface area (Å²) in [4.78, 5) is 2.72. The Morgan fingerprint density at radius 3 is 2.73 bits per heavy atom.